The summed E-state index contributed by atoms with van der Waals surface area (Å²) in [6, 6.07) is 21.1. The molecule has 0 spiro atoms. The highest BCUT2D eigenvalue weighted by molar-refractivity contribution is 5.82. The lowest BCUT2D eigenvalue weighted by atomic mass is 9.94. The Morgan fingerprint density at radius 1 is 0.846 bits per heavy atom. The Bertz CT molecular complexity index is 1070. The summed E-state index contributed by atoms with van der Waals surface area (Å²) in [4.78, 5) is 13.9. The maximum Gasteiger partial charge on any atom is 0.160 e. The van der Waals surface area contributed by atoms with Gasteiger partial charge in [-0.15, -0.1) is 0 Å². The fraction of sp³-hybridized carbons (Fsp3) is 0.174. The average molecular weight is 337 g/mol. The van der Waals surface area contributed by atoms with E-state index in [4.69, 9.17) is 9.97 Å². The number of hydrogen-bond donors (Lipinski definition) is 0. The van der Waals surface area contributed by atoms with E-state index in [2.05, 4.69) is 47.4 Å². The standard InChI is InChI=1S/C23H19N3/c1-2-6-19-16(5-1)9-10-18(19)15-22-20-7-3-4-8-21(20)25-23(26-22)17-11-13-24-14-12-17/h1-8,11-14,18H,9-10,15H2. The number of rotatable bonds is 3. The van der Waals surface area contributed by atoms with Gasteiger partial charge in [0.05, 0.1) is 11.2 Å². The van der Waals surface area contributed by atoms with Gasteiger partial charge in [-0.3, -0.25) is 4.98 Å². The van der Waals surface area contributed by atoms with Gasteiger partial charge in [-0.2, -0.15) is 0 Å². The Morgan fingerprint density at radius 2 is 1.65 bits per heavy atom. The van der Waals surface area contributed by atoms with Gasteiger partial charge in [0.2, 0.25) is 0 Å². The first-order valence-corrected chi connectivity index (χ1v) is 9.12. The molecule has 0 amide bonds. The number of para-hydroxylation sites is 1. The van der Waals surface area contributed by atoms with Crippen molar-refractivity contribution in [3.63, 3.8) is 0 Å². The van der Waals surface area contributed by atoms with E-state index in [1.165, 1.54) is 24.0 Å². The molecule has 3 nitrogen and oxygen atoms in total. The van der Waals surface area contributed by atoms with Gasteiger partial charge in [-0.25, -0.2) is 9.97 Å². The molecule has 1 unspecified atom stereocenters. The lowest BCUT2D eigenvalue weighted by Crippen LogP contribution is -2.04. The molecule has 0 saturated carbocycles. The molecule has 2 heterocycles. The Labute approximate surface area is 152 Å². The number of fused-ring (bicyclic) bond motifs is 2. The van der Waals surface area contributed by atoms with Gasteiger partial charge < -0.3 is 0 Å². The highest BCUT2D eigenvalue weighted by Crippen LogP contribution is 2.36. The van der Waals surface area contributed by atoms with Crippen LogP contribution in [-0.2, 0) is 12.8 Å². The van der Waals surface area contributed by atoms with Crippen LogP contribution in [-0.4, -0.2) is 15.0 Å². The Balaban J connectivity index is 1.61. The summed E-state index contributed by atoms with van der Waals surface area (Å²) in [7, 11) is 0. The predicted octanol–water partition coefficient (Wildman–Crippen LogP) is 4.96. The zero-order chi connectivity index (χ0) is 17.3. The second-order valence-electron chi connectivity index (χ2n) is 6.89. The Hall–Kier alpha value is -3.07. The van der Waals surface area contributed by atoms with E-state index in [9.17, 15) is 0 Å². The Morgan fingerprint density at radius 3 is 2.58 bits per heavy atom. The van der Waals surface area contributed by atoms with Crippen molar-refractivity contribution < 1.29 is 0 Å². The number of hydrogen-bond acceptors (Lipinski definition) is 3. The van der Waals surface area contributed by atoms with Crippen molar-refractivity contribution in [1.82, 2.24) is 15.0 Å². The number of nitrogens with zero attached hydrogens (tertiary/aromatic N) is 3. The molecule has 2 aromatic carbocycles. The van der Waals surface area contributed by atoms with Crippen molar-refractivity contribution in [3.8, 4) is 11.4 Å². The van der Waals surface area contributed by atoms with E-state index >= 15 is 0 Å². The van der Waals surface area contributed by atoms with Crippen LogP contribution in [0.2, 0.25) is 0 Å². The summed E-state index contributed by atoms with van der Waals surface area (Å²) in [5.41, 5.74) is 6.14. The predicted molar refractivity (Wildman–Crippen MR) is 104 cm³/mol. The third-order valence-electron chi connectivity index (χ3n) is 5.32. The normalized spacial score (nSPS) is 15.9. The van der Waals surface area contributed by atoms with Crippen LogP contribution in [0.4, 0.5) is 0 Å². The minimum atomic E-state index is 0.537. The molecular formula is C23H19N3. The quantitative estimate of drug-likeness (QED) is 0.530. The van der Waals surface area contributed by atoms with E-state index < -0.39 is 0 Å². The molecule has 0 radical (unpaired) electrons. The van der Waals surface area contributed by atoms with Crippen LogP contribution in [0, 0.1) is 0 Å². The minimum Gasteiger partial charge on any atom is -0.265 e. The first-order chi connectivity index (χ1) is 12.9. The van der Waals surface area contributed by atoms with E-state index in [0.29, 0.717) is 5.92 Å². The van der Waals surface area contributed by atoms with Gasteiger partial charge in [0, 0.05) is 23.3 Å². The molecule has 4 aromatic rings. The number of benzene rings is 2. The van der Waals surface area contributed by atoms with Gasteiger partial charge in [0.25, 0.3) is 0 Å². The molecule has 0 bridgehead atoms. The summed E-state index contributed by atoms with van der Waals surface area (Å²) >= 11 is 0. The summed E-state index contributed by atoms with van der Waals surface area (Å²) in [6.45, 7) is 0. The highest BCUT2D eigenvalue weighted by Gasteiger charge is 2.23. The number of aryl methyl sites for hydroxylation is 1. The van der Waals surface area contributed by atoms with Crippen LogP contribution in [0.1, 0.15) is 29.2 Å². The molecule has 1 aliphatic carbocycles. The van der Waals surface area contributed by atoms with Crippen LogP contribution in [0.3, 0.4) is 0 Å². The van der Waals surface area contributed by atoms with Gasteiger partial charge >= 0.3 is 0 Å². The minimum absolute atomic E-state index is 0.537. The largest absolute Gasteiger partial charge is 0.265 e. The maximum absolute atomic E-state index is 4.97. The topological polar surface area (TPSA) is 38.7 Å². The molecule has 0 N–H and O–H groups in total. The van der Waals surface area contributed by atoms with Gasteiger partial charge in [0.15, 0.2) is 5.82 Å². The van der Waals surface area contributed by atoms with Crippen molar-refractivity contribution in [2.75, 3.05) is 0 Å². The molecule has 0 saturated heterocycles. The second-order valence-corrected chi connectivity index (χ2v) is 6.89. The van der Waals surface area contributed by atoms with Gasteiger partial charge in [-0.1, -0.05) is 42.5 Å². The van der Waals surface area contributed by atoms with Crippen LogP contribution in [0.25, 0.3) is 22.3 Å². The monoisotopic (exact) mass is 337 g/mol. The Kier molecular flexibility index (Phi) is 3.71. The van der Waals surface area contributed by atoms with E-state index in [1.54, 1.807) is 12.4 Å². The van der Waals surface area contributed by atoms with Crippen molar-refractivity contribution in [3.05, 3.63) is 89.9 Å². The average Bonchev–Trinajstić information content (AvgIpc) is 3.11. The second kappa shape index (κ2) is 6.34. The molecule has 3 heteroatoms. The summed E-state index contributed by atoms with van der Waals surface area (Å²) < 4.78 is 0. The first kappa shape index (κ1) is 15.2. The van der Waals surface area contributed by atoms with Crippen LogP contribution >= 0.6 is 0 Å². The zero-order valence-corrected chi connectivity index (χ0v) is 14.5. The summed E-state index contributed by atoms with van der Waals surface area (Å²) in [6.07, 6.45) is 6.91. The molecule has 1 aliphatic rings. The van der Waals surface area contributed by atoms with E-state index in [0.717, 1.165) is 34.4 Å². The van der Waals surface area contributed by atoms with Crippen LogP contribution in [0.5, 0.6) is 0 Å². The molecule has 0 aliphatic heterocycles. The lowest BCUT2D eigenvalue weighted by Gasteiger charge is -2.14. The van der Waals surface area contributed by atoms with Crippen molar-refractivity contribution >= 4 is 10.9 Å². The van der Waals surface area contributed by atoms with Gasteiger partial charge in [0.1, 0.15) is 0 Å². The van der Waals surface area contributed by atoms with Crippen molar-refractivity contribution in [2.45, 2.75) is 25.2 Å². The molecule has 126 valence electrons. The van der Waals surface area contributed by atoms with Crippen LogP contribution in [0.15, 0.2) is 73.1 Å². The van der Waals surface area contributed by atoms with E-state index in [-0.39, 0.29) is 0 Å². The van der Waals surface area contributed by atoms with Crippen molar-refractivity contribution in [2.24, 2.45) is 0 Å². The fourth-order valence-electron chi connectivity index (χ4n) is 4.02. The van der Waals surface area contributed by atoms with Crippen molar-refractivity contribution in [1.29, 1.82) is 0 Å². The zero-order valence-electron chi connectivity index (χ0n) is 14.5. The molecule has 5 rings (SSSR count). The summed E-state index contributed by atoms with van der Waals surface area (Å²) in [5.74, 6) is 1.32. The lowest BCUT2D eigenvalue weighted by molar-refractivity contribution is 0.666. The number of aromatic nitrogens is 3. The van der Waals surface area contributed by atoms with E-state index in [1.807, 2.05) is 18.2 Å². The molecule has 2 aromatic heterocycles. The smallest absolute Gasteiger partial charge is 0.160 e. The highest BCUT2D eigenvalue weighted by atomic mass is 14.9. The third kappa shape index (κ3) is 2.66. The third-order valence-corrected chi connectivity index (χ3v) is 5.32. The molecule has 26 heavy (non-hydrogen) atoms. The van der Waals surface area contributed by atoms with Crippen LogP contribution < -0.4 is 0 Å². The molecule has 0 fully saturated rings. The molecule has 1 atom stereocenters. The first-order valence-electron chi connectivity index (χ1n) is 9.12. The number of pyridine rings is 1. The maximum atomic E-state index is 4.97. The molecular weight excluding hydrogens is 318 g/mol. The fourth-order valence-corrected chi connectivity index (χ4v) is 4.02. The SMILES string of the molecule is c1ccc2c(c1)CCC2Cc1nc(-c2ccncc2)nc2ccccc12. The van der Waals surface area contributed by atoms with Gasteiger partial charge in [-0.05, 0) is 54.5 Å². The summed E-state index contributed by atoms with van der Waals surface area (Å²) in [5, 5.41) is 1.16.